The van der Waals surface area contributed by atoms with Crippen LogP contribution in [0.1, 0.15) is 18.4 Å². The molecule has 2 nitrogen and oxygen atoms in total. The number of rotatable bonds is 3. The van der Waals surface area contributed by atoms with Crippen molar-refractivity contribution in [2.24, 2.45) is 0 Å². The maximum atomic E-state index is 12.3. The zero-order valence-corrected chi connectivity index (χ0v) is 10.8. The molecule has 1 saturated heterocycles. The van der Waals surface area contributed by atoms with Crippen molar-refractivity contribution in [2.45, 2.75) is 18.3 Å². The van der Waals surface area contributed by atoms with Crippen LogP contribution < -0.4 is 0 Å². The van der Waals surface area contributed by atoms with Crippen LogP contribution in [-0.2, 0) is 14.9 Å². The van der Waals surface area contributed by atoms with E-state index in [0.717, 1.165) is 22.8 Å². The lowest BCUT2D eigenvalue weighted by Crippen LogP contribution is -2.31. The average Bonchev–Trinajstić information content (AvgIpc) is 2.81. The van der Waals surface area contributed by atoms with Crippen LogP contribution in [0.15, 0.2) is 55.1 Å². The molecule has 0 radical (unpaired) electrons. The Kier molecular flexibility index (Phi) is 2.86. The van der Waals surface area contributed by atoms with Gasteiger partial charge in [0.2, 0.25) is 0 Å². The number of ether oxygens (including phenoxy) is 1. The number of carbonyl (C=O) groups excluding carboxylic acids is 1. The molecule has 19 heavy (non-hydrogen) atoms. The summed E-state index contributed by atoms with van der Waals surface area (Å²) in [6.07, 6.45) is 3.17. The van der Waals surface area contributed by atoms with Crippen molar-refractivity contribution in [3.8, 4) is 0 Å². The lowest BCUT2D eigenvalue weighted by Gasteiger charge is -2.25. The van der Waals surface area contributed by atoms with Gasteiger partial charge in [-0.05, 0) is 22.8 Å². The molecule has 2 heteroatoms. The summed E-state index contributed by atoms with van der Waals surface area (Å²) in [5, 5.41) is 2.29. The highest BCUT2D eigenvalue weighted by atomic mass is 16.5. The molecule has 96 valence electrons. The molecule has 0 aromatic heterocycles. The van der Waals surface area contributed by atoms with Crippen LogP contribution in [-0.4, -0.2) is 12.6 Å². The molecule has 1 fully saturated rings. The van der Waals surface area contributed by atoms with Crippen molar-refractivity contribution in [2.75, 3.05) is 6.61 Å². The van der Waals surface area contributed by atoms with Gasteiger partial charge in [0.15, 0.2) is 0 Å². The summed E-state index contributed by atoms with van der Waals surface area (Å²) in [5.41, 5.74) is 0.510. The van der Waals surface area contributed by atoms with Gasteiger partial charge in [0.25, 0.3) is 0 Å². The topological polar surface area (TPSA) is 26.3 Å². The standard InChI is InChI=1S/C17H16O2/c1-2-10-17(11-12-19-16(17)18)15-9-5-7-13-6-3-4-8-14(13)15/h2-9H,1,10-12H2. The fraction of sp³-hybridized carbons (Fsp3) is 0.235. The summed E-state index contributed by atoms with van der Waals surface area (Å²) in [4.78, 5) is 12.3. The molecule has 2 aromatic rings. The van der Waals surface area contributed by atoms with Gasteiger partial charge < -0.3 is 4.74 Å². The molecule has 2 aromatic carbocycles. The van der Waals surface area contributed by atoms with Crippen molar-refractivity contribution in [1.82, 2.24) is 0 Å². The van der Waals surface area contributed by atoms with Gasteiger partial charge in [-0.2, -0.15) is 0 Å². The Bertz CT molecular complexity index is 639. The molecule has 0 N–H and O–H groups in total. The van der Waals surface area contributed by atoms with Gasteiger partial charge in [-0.3, -0.25) is 4.79 Å². The summed E-state index contributed by atoms with van der Waals surface area (Å²) in [6, 6.07) is 14.3. The lowest BCUT2D eigenvalue weighted by molar-refractivity contribution is -0.142. The van der Waals surface area contributed by atoms with Gasteiger partial charge in [-0.25, -0.2) is 0 Å². The van der Waals surface area contributed by atoms with E-state index in [1.807, 2.05) is 30.3 Å². The summed E-state index contributed by atoms with van der Waals surface area (Å²) >= 11 is 0. The zero-order valence-electron chi connectivity index (χ0n) is 10.8. The van der Waals surface area contributed by atoms with E-state index in [9.17, 15) is 4.79 Å². The molecule has 1 atom stereocenters. The van der Waals surface area contributed by atoms with Crippen LogP contribution in [0.4, 0.5) is 0 Å². The van der Waals surface area contributed by atoms with Crippen LogP contribution in [0, 0.1) is 0 Å². The monoisotopic (exact) mass is 252 g/mol. The Hall–Kier alpha value is -2.09. The van der Waals surface area contributed by atoms with E-state index in [1.54, 1.807) is 0 Å². The van der Waals surface area contributed by atoms with E-state index < -0.39 is 5.41 Å². The number of carbonyl (C=O) groups is 1. The molecular weight excluding hydrogens is 236 g/mol. The Morgan fingerprint density at radius 1 is 1.21 bits per heavy atom. The van der Waals surface area contributed by atoms with Crippen LogP contribution in [0.2, 0.25) is 0 Å². The Balaban J connectivity index is 2.26. The van der Waals surface area contributed by atoms with Gasteiger partial charge in [-0.1, -0.05) is 48.5 Å². The van der Waals surface area contributed by atoms with E-state index in [0.29, 0.717) is 13.0 Å². The number of hydrogen-bond acceptors (Lipinski definition) is 2. The highest BCUT2D eigenvalue weighted by molar-refractivity contribution is 5.94. The van der Waals surface area contributed by atoms with Gasteiger partial charge in [0, 0.05) is 6.42 Å². The third-order valence-corrected chi connectivity index (χ3v) is 3.95. The highest BCUT2D eigenvalue weighted by Crippen LogP contribution is 2.41. The first-order valence-corrected chi connectivity index (χ1v) is 6.54. The molecule has 0 aliphatic carbocycles. The maximum absolute atomic E-state index is 12.3. The number of cyclic esters (lactones) is 1. The highest BCUT2D eigenvalue weighted by Gasteiger charge is 2.45. The van der Waals surface area contributed by atoms with Gasteiger partial charge in [0.1, 0.15) is 5.41 Å². The smallest absolute Gasteiger partial charge is 0.317 e. The lowest BCUT2D eigenvalue weighted by atomic mass is 9.74. The first-order chi connectivity index (χ1) is 9.28. The quantitative estimate of drug-likeness (QED) is 0.616. The molecule has 1 aliphatic rings. The second-order valence-corrected chi connectivity index (χ2v) is 4.99. The maximum Gasteiger partial charge on any atom is 0.317 e. The van der Waals surface area contributed by atoms with Crippen LogP contribution in [0.3, 0.4) is 0 Å². The summed E-state index contributed by atoms with van der Waals surface area (Å²) in [6.45, 7) is 4.30. The average molecular weight is 252 g/mol. The van der Waals surface area contributed by atoms with Gasteiger partial charge >= 0.3 is 5.97 Å². The molecule has 1 heterocycles. The van der Waals surface area contributed by atoms with E-state index in [1.165, 1.54) is 0 Å². The minimum absolute atomic E-state index is 0.122. The van der Waals surface area contributed by atoms with Crippen LogP contribution in [0.25, 0.3) is 10.8 Å². The molecule has 0 spiro atoms. The minimum Gasteiger partial charge on any atom is -0.465 e. The third-order valence-electron chi connectivity index (χ3n) is 3.95. The molecule has 0 bridgehead atoms. The predicted octanol–water partition coefficient (Wildman–Crippen LogP) is 3.60. The Labute approximate surface area is 112 Å². The molecular formula is C17H16O2. The normalized spacial score (nSPS) is 22.4. The van der Waals surface area contributed by atoms with E-state index >= 15 is 0 Å². The number of benzene rings is 2. The fourth-order valence-corrected chi connectivity index (χ4v) is 2.99. The molecule has 1 unspecified atom stereocenters. The first-order valence-electron chi connectivity index (χ1n) is 6.54. The SMILES string of the molecule is C=CCC1(c2cccc3ccccc23)CCOC1=O. The molecule has 0 saturated carbocycles. The van der Waals surface area contributed by atoms with E-state index in [4.69, 9.17) is 4.74 Å². The molecule has 1 aliphatic heterocycles. The van der Waals surface area contributed by atoms with Crippen molar-refractivity contribution in [3.05, 3.63) is 60.7 Å². The number of fused-ring (bicyclic) bond motifs is 1. The second-order valence-electron chi connectivity index (χ2n) is 4.99. The third kappa shape index (κ3) is 1.75. The Morgan fingerprint density at radius 3 is 2.74 bits per heavy atom. The van der Waals surface area contributed by atoms with Crippen LogP contribution >= 0.6 is 0 Å². The first kappa shape index (κ1) is 12.0. The van der Waals surface area contributed by atoms with Crippen molar-refractivity contribution in [3.63, 3.8) is 0 Å². The van der Waals surface area contributed by atoms with Crippen molar-refractivity contribution in [1.29, 1.82) is 0 Å². The van der Waals surface area contributed by atoms with Gasteiger partial charge in [-0.15, -0.1) is 6.58 Å². The number of allylic oxidation sites excluding steroid dienone is 1. The minimum atomic E-state index is -0.553. The predicted molar refractivity (Wildman–Crippen MR) is 76.0 cm³/mol. The van der Waals surface area contributed by atoms with Crippen molar-refractivity contribution < 1.29 is 9.53 Å². The number of esters is 1. The number of hydrogen-bond donors (Lipinski definition) is 0. The van der Waals surface area contributed by atoms with Gasteiger partial charge in [0.05, 0.1) is 6.61 Å². The molecule has 0 amide bonds. The van der Waals surface area contributed by atoms with Crippen LogP contribution in [0.5, 0.6) is 0 Å². The summed E-state index contributed by atoms with van der Waals surface area (Å²) < 4.78 is 5.24. The van der Waals surface area contributed by atoms with E-state index in [-0.39, 0.29) is 5.97 Å². The Morgan fingerprint density at radius 2 is 2.00 bits per heavy atom. The largest absolute Gasteiger partial charge is 0.465 e. The fourth-order valence-electron chi connectivity index (χ4n) is 2.99. The second kappa shape index (κ2) is 4.54. The molecule has 3 rings (SSSR count). The summed E-state index contributed by atoms with van der Waals surface area (Å²) in [5.74, 6) is -0.122. The van der Waals surface area contributed by atoms with E-state index in [2.05, 4.69) is 24.8 Å². The zero-order chi connectivity index (χ0) is 13.3. The van der Waals surface area contributed by atoms with Crippen molar-refractivity contribution >= 4 is 16.7 Å². The summed E-state index contributed by atoms with van der Waals surface area (Å²) in [7, 11) is 0.